The minimum absolute atomic E-state index is 0.0441. The highest BCUT2D eigenvalue weighted by Crippen LogP contribution is 2.28. The number of nitrogens with two attached hydrogens (primary N) is 1. The van der Waals surface area contributed by atoms with Gasteiger partial charge in [-0.1, -0.05) is 28.8 Å². The quantitative estimate of drug-likeness (QED) is 0.878. The van der Waals surface area contributed by atoms with Crippen LogP contribution in [0, 0.1) is 0 Å². The molecular formula is C16H22BrN3O. The van der Waals surface area contributed by atoms with Gasteiger partial charge in [-0.05, 0) is 43.5 Å². The molecule has 1 atom stereocenters. The Kier molecular flexibility index (Phi) is 4.22. The van der Waals surface area contributed by atoms with E-state index < -0.39 is 5.54 Å². The van der Waals surface area contributed by atoms with Crippen molar-refractivity contribution in [3.63, 3.8) is 0 Å². The van der Waals surface area contributed by atoms with E-state index in [-0.39, 0.29) is 11.9 Å². The zero-order chi connectivity index (χ0) is 14.9. The summed E-state index contributed by atoms with van der Waals surface area (Å²) < 4.78 is 1.08. The summed E-state index contributed by atoms with van der Waals surface area (Å²) in [7, 11) is 0. The van der Waals surface area contributed by atoms with Gasteiger partial charge in [0.15, 0.2) is 0 Å². The maximum atomic E-state index is 12.4. The molecule has 1 aliphatic heterocycles. The van der Waals surface area contributed by atoms with Crippen LogP contribution >= 0.6 is 15.9 Å². The number of amides is 1. The van der Waals surface area contributed by atoms with Crippen LogP contribution in [0.2, 0.25) is 0 Å². The maximum Gasteiger partial charge on any atom is 0.240 e. The molecule has 21 heavy (non-hydrogen) atoms. The van der Waals surface area contributed by atoms with Crippen LogP contribution in [-0.4, -0.2) is 30.6 Å². The molecule has 1 heterocycles. The largest absolute Gasteiger partial charge is 0.369 e. The first-order valence-electron chi connectivity index (χ1n) is 7.67. The fourth-order valence-electron chi connectivity index (χ4n) is 3.33. The van der Waals surface area contributed by atoms with Gasteiger partial charge >= 0.3 is 0 Å². The summed E-state index contributed by atoms with van der Waals surface area (Å²) in [5.74, 6) is 0.0441. The standard InChI is InChI=1S/C16H22BrN3O/c17-12-3-5-14(6-4-12)20-10-7-13(11-20)19-15(21)16(18)8-1-2-9-16/h3-6,13H,1-2,7-11,18H2,(H,19,21). The average Bonchev–Trinajstić information content (AvgIpc) is 3.10. The molecule has 0 aromatic heterocycles. The number of benzene rings is 1. The summed E-state index contributed by atoms with van der Waals surface area (Å²) in [6.07, 6.45) is 4.76. The van der Waals surface area contributed by atoms with Crippen molar-refractivity contribution in [2.75, 3.05) is 18.0 Å². The molecule has 3 rings (SSSR count). The van der Waals surface area contributed by atoms with E-state index in [0.29, 0.717) is 0 Å². The van der Waals surface area contributed by atoms with E-state index in [0.717, 1.165) is 49.7 Å². The predicted octanol–water partition coefficient (Wildman–Crippen LogP) is 2.42. The first kappa shape index (κ1) is 14.9. The topological polar surface area (TPSA) is 58.4 Å². The molecule has 1 aliphatic carbocycles. The molecule has 1 unspecified atom stereocenters. The van der Waals surface area contributed by atoms with Crippen LogP contribution in [0.15, 0.2) is 28.7 Å². The van der Waals surface area contributed by atoms with Crippen LogP contribution in [0.3, 0.4) is 0 Å². The Bertz CT molecular complexity index is 511. The van der Waals surface area contributed by atoms with Crippen molar-refractivity contribution >= 4 is 27.5 Å². The number of nitrogens with zero attached hydrogens (tertiary/aromatic N) is 1. The predicted molar refractivity (Wildman–Crippen MR) is 88.3 cm³/mol. The van der Waals surface area contributed by atoms with Crippen LogP contribution in [-0.2, 0) is 4.79 Å². The van der Waals surface area contributed by atoms with E-state index in [1.807, 2.05) is 0 Å². The van der Waals surface area contributed by atoms with Gasteiger partial charge in [-0.25, -0.2) is 0 Å². The number of hydrogen-bond acceptors (Lipinski definition) is 3. The minimum atomic E-state index is -0.620. The third-order valence-corrected chi connectivity index (χ3v) is 5.19. The molecular weight excluding hydrogens is 330 g/mol. The van der Waals surface area contributed by atoms with Crippen molar-refractivity contribution in [1.29, 1.82) is 0 Å². The molecule has 1 amide bonds. The Morgan fingerprint density at radius 2 is 1.95 bits per heavy atom. The van der Waals surface area contributed by atoms with Crippen molar-refractivity contribution in [2.24, 2.45) is 5.73 Å². The Morgan fingerprint density at radius 1 is 1.29 bits per heavy atom. The number of halogens is 1. The maximum absolute atomic E-state index is 12.4. The summed E-state index contributed by atoms with van der Waals surface area (Å²) in [6.45, 7) is 1.84. The van der Waals surface area contributed by atoms with Gasteiger partial charge in [0.1, 0.15) is 0 Å². The monoisotopic (exact) mass is 351 g/mol. The number of carbonyl (C=O) groups excluding carboxylic acids is 1. The minimum Gasteiger partial charge on any atom is -0.369 e. The fourth-order valence-corrected chi connectivity index (χ4v) is 3.59. The number of carbonyl (C=O) groups is 1. The molecule has 1 saturated carbocycles. The molecule has 114 valence electrons. The van der Waals surface area contributed by atoms with Crippen molar-refractivity contribution in [3.05, 3.63) is 28.7 Å². The second-order valence-electron chi connectivity index (χ2n) is 6.24. The van der Waals surface area contributed by atoms with Gasteiger partial charge in [-0.3, -0.25) is 4.79 Å². The number of hydrogen-bond donors (Lipinski definition) is 2. The summed E-state index contributed by atoms with van der Waals surface area (Å²) in [6, 6.07) is 8.52. The molecule has 0 spiro atoms. The first-order chi connectivity index (χ1) is 10.1. The lowest BCUT2D eigenvalue weighted by molar-refractivity contribution is -0.126. The Balaban J connectivity index is 1.57. The highest BCUT2D eigenvalue weighted by molar-refractivity contribution is 9.10. The molecule has 3 N–H and O–H groups in total. The summed E-state index contributed by atoms with van der Waals surface area (Å²) >= 11 is 3.45. The Labute approximate surface area is 134 Å². The van der Waals surface area contributed by atoms with E-state index in [4.69, 9.17) is 5.73 Å². The third kappa shape index (κ3) is 3.24. The van der Waals surface area contributed by atoms with Crippen molar-refractivity contribution < 1.29 is 4.79 Å². The zero-order valence-corrected chi connectivity index (χ0v) is 13.7. The molecule has 1 saturated heterocycles. The lowest BCUT2D eigenvalue weighted by Gasteiger charge is -2.25. The number of nitrogens with one attached hydrogen (secondary N) is 1. The van der Waals surface area contributed by atoms with E-state index in [1.54, 1.807) is 0 Å². The van der Waals surface area contributed by atoms with Crippen molar-refractivity contribution in [3.8, 4) is 0 Å². The van der Waals surface area contributed by atoms with Gasteiger partial charge in [0.2, 0.25) is 5.91 Å². The Morgan fingerprint density at radius 3 is 2.62 bits per heavy atom. The van der Waals surface area contributed by atoms with E-state index >= 15 is 0 Å². The van der Waals surface area contributed by atoms with Crippen molar-refractivity contribution in [1.82, 2.24) is 5.32 Å². The van der Waals surface area contributed by atoms with E-state index in [9.17, 15) is 4.79 Å². The molecule has 2 aliphatic rings. The zero-order valence-electron chi connectivity index (χ0n) is 12.1. The van der Waals surface area contributed by atoms with Crippen LogP contribution in [0.5, 0.6) is 0 Å². The smallest absolute Gasteiger partial charge is 0.240 e. The SMILES string of the molecule is NC1(C(=O)NC2CCN(c3ccc(Br)cc3)C2)CCCC1. The van der Waals surface area contributed by atoms with Crippen LogP contribution in [0.4, 0.5) is 5.69 Å². The van der Waals surface area contributed by atoms with Gasteiger partial charge < -0.3 is 16.0 Å². The number of anilines is 1. The summed E-state index contributed by atoms with van der Waals surface area (Å²) in [5, 5.41) is 3.16. The molecule has 5 heteroatoms. The molecule has 1 aromatic rings. The van der Waals surface area contributed by atoms with Gasteiger partial charge in [0, 0.05) is 29.3 Å². The highest BCUT2D eigenvalue weighted by atomic mass is 79.9. The second kappa shape index (κ2) is 5.97. The van der Waals surface area contributed by atoms with E-state index in [1.165, 1.54) is 5.69 Å². The van der Waals surface area contributed by atoms with Gasteiger partial charge in [0.05, 0.1) is 5.54 Å². The average molecular weight is 352 g/mol. The molecule has 2 fully saturated rings. The summed E-state index contributed by atoms with van der Waals surface area (Å²) in [5.41, 5.74) is 6.80. The fraction of sp³-hybridized carbons (Fsp3) is 0.562. The normalized spacial score (nSPS) is 24.3. The van der Waals surface area contributed by atoms with Crippen LogP contribution in [0.1, 0.15) is 32.1 Å². The highest BCUT2D eigenvalue weighted by Gasteiger charge is 2.38. The molecule has 0 radical (unpaired) electrons. The van der Waals surface area contributed by atoms with Gasteiger partial charge in [-0.15, -0.1) is 0 Å². The van der Waals surface area contributed by atoms with Crippen LogP contribution < -0.4 is 16.0 Å². The van der Waals surface area contributed by atoms with Crippen molar-refractivity contribution in [2.45, 2.75) is 43.7 Å². The third-order valence-electron chi connectivity index (χ3n) is 4.66. The van der Waals surface area contributed by atoms with E-state index in [2.05, 4.69) is 50.4 Å². The van der Waals surface area contributed by atoms with Gasteiger partial charge in [0.25, 0.3) is 0 Å². The molecule has 1 aromatic carbocycles. The lowest BCUT2D eigenvalue weighted by Crippen LogP contribution is -2.54. The molecule has 4 nitrogen and oxygen atoms in total. The number of rotatable bonds is 3. The second-order valence-corrected chi connectivity index (χ2v) is 7.16. The Hall–Kier alpha value is -1.07. The first-order valence-corrected chi connectivity index (χ1v) is 8.46. The lowest BCUT2D eigenvalue weighted by atomic mass is 9.97. The van der Waals surface area contributed by atoms with Gasteiger partial charge in [-0.2, -0.15) is 0 Å². The summed E-state index contributed by atoms with van der Waals surface area (Å²) in [4.78, 5) is 14.7. The van der Waals surface area contributed by atoms with Crippen LogP contribution in [0.25, 0.3) is 0 Å². The molecule has 0 bridgehead atoms.